The van der Waals surface area contributed by atoms with Crippen molar-refractivity contribution in [3.8, 4) is 28.7 Å². The van der Waals surface area contributed by atoms with Crippen LogP contribution in [0.25, 0.3) is 0 Å². The maximum atomic E-state index is 12.7. The number of ether oxygens (including phenoxy) is 4. The number of hydrogen-bond acceptors (Lipinski definition) is 5. The molecule has 6 heteroatoms. The molecule has 0 radical (unpaired) electrons. The fourth-order valence-corrected chi connectivity index (χ4v) is 3.16. The summed E-state index contributed by atoms with van der Waals surface area (Å²) in [5.41, 5.74) is 1.63. The monoisotopic (exact) mass is 391 g/mol. The minimum atomic E-state index is -0.555. The Balaban J connectivity index is 1.48. The summed E-state index contributed by atoms with van der Waals surface area (Å²) in [5, 5.41) is 2.89. The molecule has 1 heterocycles. The van der Waals surface area contributed by atoms with E-state index in [2.05, 4.69) is 5.32 Å². The van der Waals surface area contributed by atoms with E-state index in [9.17, 15) is 4.79 Å². The molecule has 0 spiro atoms. The van der Waals surface area contributed by atoms with Crippen LogP contribution in [-0.4, -0.2) is 26.2 Å². The number of carbonyl (C=O) groups is 1. The van der Waals surface area contributed by atoms with Crippen LogP contribution in [0, 0.1) is 0 Å². The number of amides is 1. The Morgan fingerprint density at radius 1 is 0.931 bits per heavy atom. The maximum Gasteiger partial charge on any atom is 0.265 e. The number of fused-ring (bicyclic) bond motifs is 1. The summed E-state index contributed by atoms with van der Waals surface area (Å²) in [6, 6.07) is 20.1. The van der Waals surface area contributed by atoms with E-state index in [4.69, 9.17) is 18.9 Å². The third-order valence-electron chi connectivity index (χ3n) is 4.66. The molecule has 0 bridgehead atoms. The quantitative estimate of drug-likeness (QED) is 0.673. The van der Waals surface area contributed by atoms with Crippen molar-refractivity contribution in [3.63, 3.8) is 0 Å². The first-order valence-electron chi connectivity index (χ1n) is 9.21. The van der Waals surface area contributed by atoms with Crippen molar-refractivity contribution in [1.29, 1.82) is 0 Å². The molecule has 29 heavy (non-hydrogen) atoms. The Morgan fingerprint density at radius 2 is 1.69 bits per heavy atom. The summed E-state index contributed by atoms with van der Waals surface area (Å²) in [7, 11) is 3.18. The van der Waals surface area contributed by atoms with Crippen LogP contribution >= 0.6 is 0 Å². The van der Waals surface area contributed by atoms with Crippen LogP contribution in [0.15, 0.2) is 66.7 Å². The topological polar surface area (TPSA) is 66.0 Å². The molecule has 0 saturated carbocycles. The molecule has 1 aliphatic heterocycles. The Kier molecular flexibility index (Phi) is 5.24. The van der Waals surface area contributed by atoms with E-state index < -0.39 is 6.10 Å². The lowest BCUT2D eigenvalue weighted by Crippen LogP contribution is -2.31. The Hall–Kier alpha value is -3.67. The van der Waals surface area contributed by atoms with Gasteiger partial charge in [0.2, 0.25) is 0 Å². The van der Waals surface area contributed by atoms with Crippen LogP contribution in [0.1, 0.15) is 5.56 Å². The molecule has 4 rings (SSSR count). The zero-order valence-corrected chi connectivity index (χ0v) is 16.2. The maximum absolute atomic E-state index is 12.7. The van der Waals surface area contributed by atoms with Crippen LogP contribution in [0.4, 0.5) is 5.69 Å². The molecular formula is C23H21NO5. The van der Waals surface area contributed by atoms with Gasteiger partial charge >= 0.3 is 0 Å². The number of benzene rings is 3. The predicted octanol–water partition coefficient (Wildman–Crippen LogP) is 4.44. The first-order chi connectivity index (χ1) is 14.2. The normalized spacial score (nSPS) is 14.5. The number of methoxy groups -OCH3 is 2. The van der Waals surface area contributed by atoms with Gasteiger partial charge in [0.15, 0.2) is 17.6 Å². The molecule has 3 aromatic carbocycles. The van der Waals surface area contributed by atoms with E-state index >= 15 is 0 Å². The highest BCUT2D eigenvalue weighted by atomic mass is 16.5. The number of nitrogens with one attached hydrogen (secondary N) is 1. The highest BCUT2D eigenvalue weighted by Crippen LogP contribution is 2.35. The molecule has 6 nitrogen and oxygen atoms in total. The van der Waals surface area contributed by atoms with Gasteiger partial charge in [0.1, 0.15) is 17.2 Å². The summed E-state index contributed by atoms with van der Waals surface area (Å²) in [6.45, 7) is 0. The van der Waals surface area contributed by atoms with Gasteiger partial charge < -0.3 is 24.3 Å². The van der Waals surface area contributed by atoms with Crippen molar-refractivity contribution in [2.24, 2.45) is 0 Å². The number of para-hydroxylation sites is 1. The van der Waals surface area contributed by atoms with Crippen molar-refractivity contribution in [2.45, 2.75) is 12.5 Å². The van der Waals surface area contributed by atoms with Crippen molar-refractivity contribution in [2.75, 3.05) is 19.5 Å². The lowest BCUT2D eigenvalue weighted by molar-refractivity contribution is -0.122. The van der Waals surface area contributed by atoms with Gasteiger partial charge in [-0.2, -0.15) is 0 Å². The average Bonchev–Trinajstić information content (AvgIpc) is 3.19. The van der Waals surface area contributed by atoms with Crippen LogP contribution in [0.2, 0.25) is 0 Å². The molecule has 1 aliphatic rings. The fourth-order valence-electron chi connectivity index (χ4n) is 3.16. The Morgan fingerprint density at radius 3 is 2.41 bits per heavy atom. The lowest BCUT2D eigenvalue weighted by atomic mass is 10.1. The van der Waals surface area contributed by atoms with Crippen LogP contribution in [0.3, 0.4) is 0 Å². The van der Waals surface area contributed by atoms with E-state index in [1.54, 1.807) is 44.6 Å². The van der Waals surface area contributed by atoms with Crippen LogP contribution in [-0.2, 0) is 11.2 Å². The first kappa shape index (κ1) is 18.7. The van der Waals surface area contributed by atoms with Gasteiger partial charge in [-0.05, 0) is 48.0 Å². The summed E-state index contributed by atoms with van der Waals surface area (Å²) >= 11 is 0. The fraction of sp³-hybridized carbons (Fsp3) is 0.174. The molecule has 0 saturated heterocycles. The summed E-state index contributed by atoms with van der Waals surface area (Å²) < 4.78 is 22.2. The predicted molar refractivity (Wildman–Crippen MR) is 109 cm³/mol. The molecule has 3 aromatic rings. The molecule has 0 fully saturated rings. The first-order valence-corrected chi connectivity index (χ1v) is 9.21. The van der Waals surface area contributed by atoms with Gasteiger partial charge in [-0.1, -0.05) is 18.2 Å². The van der Waals surface area contributed by atoms with Gasteiger partial charge in [0.05, 0.1) is 14.2 Å². The minimum absolute atomic E-state index is 0.207. The van der Waals surface area contributed by atoms with E-state index in [1.807, 2.05) is 36.4 Å². The van der Waals surface area contributed by atoms with E-state index in [0.29, 0.717) is 29.4 Å². The smallest absolute Gasteiger partial charge is 0.265 e. The summed E-state index contributed by atoms with van der Waals surface area (Å²) in [4.78, 5) is 12.7. The molecule has 148 valence electrons. The third-order valence-corrected chi connectivity index (χ3v) is 4.66. The van der Waals surface area contributed by atoms with Crippen molar-refractivity contribution in [3.05, 3.63) is 72.3 Å². The molecule has 1 amide bonds. The average molecular weight is 391 g/mol. The molecular weight excluding hydrogens is 370 g/mol. The summed E-state index contributed by atoms with van der Waals surface area (Å²) in [5.74, 6) is 2.96. The molecule has 0 unspecified atom stereocenters. The lowest BCUT2D eigenvalue weighted by Gasteiger charge is -2.15. The van der Waals surface area contributed by atoms with Crippen molar-refractivity contribution in [1.82, 2.24) is 0 Å². The zero-order valence-electron chi connectivity index (χ0n) is 16.2. The van der Waals surface area contributed by atoms with Crippen LogP contribution in [0.5, 0.6) is 28.7 Å². The minimum Gasteiger partial charge on any atom is -0.497 e. The summed E-state index contributed by atoms with van der Waals surface area (Å²) in [6.07, 6.45) is -0.00616. The molecule has 1 N–H and O–H groups in total. The highest BCUT2D eigenvalue weighted by Gasteiger charge is 2.28. The van der Waals surface area contributed by atoms with Gasteiger partial charge in [0, 0.05) is 18.2 Å². The number of rotatable bonds is 6. The van der Waals surface area contributed by atoms with E-state index in [-0.39, 0.29) is 5.91 Å². The second-order valence-corrected chi connectivity index (χ2v) is 6.55. The second kappa shape index (κ2) is 8.14. The Bertz CT molecular complexity index is 991. The largest absolute Gasteiger partial charge is 0.497 e. The molecule has 1 atom stereocenters. The van der Waals surface area contributed by atoms with Crippen molar-refractivity contribution < 1.29 is 23.7 Å². The van der Waals surface area contributed by atoms with E-state index in [1.165, 1.54) is 0 Å². The van der Waals surface area contributed by atoms with E-state index in [0.717, 1.165) is 17.1 Å². The highest BCUT2D eigenvalue weighted by molar-refractivity contribution is 5.95. The zero-order chi connectivity index (χ0) is 20.2. The number of carbonyl (C=O) groups excluding carboxylic acids is 1. The van der Waals surface area contributed by atoms with Gasteiger partial charge in [-0.3, -0.25) is 4.79 Å². The van der Waals surface area contributed by atoms with Crippen LogP contribution < -0.4 is 24.3 Å². The number of anilines is 1. The van der Waals surface area contributed by atoms with Gasteiger partial charge in [0.25, 0.3) is 5.91 Å². The molecule has 0 aliphatic carbocycles. The van der Waals surface area contributed by atoms with Gasteiger partial charge in [-0.25, -0.2) is 0 Å². The number of hydrogen-bond donors (Lipinski definition) is 1. The second-order valence-electron chi connectivity index (χ2n) is 6.55. The SMILES string of the molecule is COc1ccc(Oc2cc(NC(=O)[C@@H]3Cc4ccccc4O3)ccc2OC)cc1. The van der Waals surface area contributed by atoms with Crippen molar-refractivity contribution >= 4 is 11.6 Å². The standard InChI is InChI=1S/C23H21NO5/c1-26-17-8-10-18(11-9-17)28-21-14-16(7-12-20(21)27-2)24-23(25)22-13-15-5-3-4-6-19(15)29-22/h3-12,14,22H,13H2,1-2H3,(H,24,25)/t22-/m0/s1. The third kappa shape index (κ3) is 4.11. The van der Waals surface area contributed by atoms with Gasteiger partial charge in [-0.15, -0.1) is 0 Å². The Labute approximate surface area is 169 Å². The molecule has 0 aromatic heterocycles.